The molecule has 0 saturated heterocycles. The zero-order valence-corrected chi connectivity index (χ0v) is 12.2. The van der Waals surface area contributed by atoms with Crippen LogP contribution in [0.2, 0.25) is 0 Å². The number of halogens is 1. The first-order valence-electron chi connectivity index (χ1n) is 6.05. The van der Waals surface area contributed by atoms with Crippen molar-refractivity contribution in [3.63, 3.8) is 0 Å². The topological polar surface area (TPSA) is 87.7 Å². The monoisotopic (exact) mass is 325 g/mol. The molecule has 2 rings (SSSR count). The lowest BCUT2D eigenvalue weighted by molar-refractivity contribution is -0.125. The molecule has 0 atom stereocenters. The summed E-state index contributed by atoms with van der Waals surface area (Å²) in [6.45, 7) is 1.95. The fourth-order valence-corrected chi connectivity index (χ4v) is 2.55. The normalized spacial score (nSPS) is 17.7. The van der Waals surface area contributed by atoms with Gasteiger partial charge < -0.3 is 16.3 Å². The Morgan fingerprint density at radius 2 is 2.21 bits per heavy atom. The van der Waals surface area contributed by atoms with Crippen molar-refractivity contribution in [2.75, 3.05) is 5.32 Å². The lowest BCUT2D eigenvalue weighted by atomic mass is 9.67. The molecule has 1 aliphatic carbocycles. The average molecular weight is 326 g/mol. The van der Waals surface area contributed by atoms with E-state index in [0.717, 1.165) is 16.5 Å². The highest BCUT2D eigenvalue weighted by atomic mass is 79.9. The van der Waals surface area contributed by atoms with Crippen molar-refractivity contribution in [2.24, 2.45) is 16.3 Å². The minimum Gasteiger partial charge on any atom is -0.409 e. The van der Waals surface area contributed by atoms with E-state index in [2.05, 4.69) is 26.4 Å². The summed E-state index contributed by atoms with van der Waals surface area (Å²) in [5.41, 5.74) is 6.54. The summed E-state index contributed by atoms with van der Waals surface area (Å²) in [5, 5.41) is 14.7. The van der Waals surface area contributed by atoms with Gasteiger partial charge >= 0.3 is 0 Å². The van der Waals surface area contributed by atoms with Crippen molar-refractivity contribution in [1.29, 1.82) is 0 Å². The summed E-state index contributed by atoms with van der Waals surface area (Å²) >= 11 is 3.39. The van der Waals surface area contributed by atoms with Gasteiger partial charge in [-0.05, 0) is 53.4 Å². The molecule has 0 bridgehead atoms. The summed E-state index contributed by atoms with van der Waals surface area (Å²) in [6.07, 6.45) is 2.12. The van der Waals surface area contributed by atoms with Gasteiger partial charge in [0.2, 0.25) is 5.91 Å². The van der Waals surface area contributed by atoms with Gasteiger partial charge in [-0.2, -0.15) is 0 Å². The van der Waals surface area contributed by atoms with Gasteiger partial charge in [-0.15, -0.1) is 0 Å². The van der Waals surface area contributed by atoms with Gasteiger partial charge in [0.05, 0.1) is 5.69 Å². The van der Waals surface area contributed by atoms with Gasteiger partial charge in [0.15, 0.2) is 5.84 Å². The molecule has 5 nitrogen and oxygen atoms in total. The summed E-state index contributed by atoms with van der Waals surface area (Å²) in [4.78, 5) is 12.4. The van der Waals surface area contributed by atoms with E-state index in [0.29, 0.717) is 18.5 Å². The van der Waals surface area contributed by atoms with E-state index in [-0.39, 0.29) is 11.7 Å². The second kappa shape index (κ2) is 5.21. The molecule has 4 N–H and O–H groups in total. The van der Waals surface area contributed by atoms with Crippen molar-refractivity contribution in [3.05, 3.63) is 28.2 Å². The Morgan fingerprint density at radius 3 is 2.74 bits per heavy atom. The van der Waals surface area contributed by atoms with Gasteiger partial charge in [-0.1, -0.05) is 17.6 Å². The molecule has 1 amide bonds. The first-order chi connectivity index (χ1) is 8.99. The second-order valence-electron chi connectivity index (χ2n) is 4.86. The van der Waals surface area contributed by atoms with E-state index in [1.165, 1.54) is 0 Å². The number of anilines is 1. The number of aryl methyl sites for hydroxylation is 1. The van der Waals surface area contributed by atoms with E-state index < -0.39 is 5.41 Å². The lowest BCUT2D eigenvalue weighted by Crippen LogP contribution is -2.51. The number of nitrogens with zero attached hydrogens (tertiary/aromatic N) is 1. The van der Waals surface area contributed by atoms with Crippen LogP contribution < -0.4 is 11.1 Å². The molecule has 0 unspecified atom stereocenters. The van der Waals surface area contributed by atoms with Crippen molar-refractivity contribution in [3.8, 4) is 0 Å². The predicted octanol–water partition coefficient (Wildman–Crippen LogP) is 2.61. The Bertz CT molecular complexity index is 539. The molecule has 1 saturated carbocycles. The van der Waals surface area contributed by atoms with Gasteiger partial charge in [0.1, 0.15) is 5.41 Å². The average Bonchev–Trinajstić information content (AvgIpc) is 2.32. The number of carbonyl (C=O) groups excluding carboxylic acids is 1. The molecule has 0 aromatic heterocycles. The quantitative estimate of drug-likeness (QED) is 0.345. The van der Waals surface area contributed by atoms with Gasteiger partial charge in [0.25, 0.3) is 0 Å². The zero-order valence-electron chi connectivity index (χ0n) is 10.6. The molecule has 0 spiro atoms. The molecule has 0 radical (unpaired) electrons. The predicted molar refractivity (Wildman–Crippen MR) is 77.2 cm³/mol. The smallest absolute Gasteiger partial charge is 0.238 e. The van der Waals surface area contributed by atoms with Crippen LogP contribution in [0, 0.1) is 12.3 Å². The van der Waals surface area contributed by atoms with E-state index in [4.69, 9.17) is 10.9 Å². The van der Waals surface area contributed by atoms with Gasteiger partial charge in [-0.3, -0.25) is 4.79 Å². The third kappa shape index (κ3) is 2.45. The number of nitrogens with one attached hydrogen (secondary N) is 1. The van der Waals surface area contributed by atoms with Gasteiger partial charge in [-0.25, -0.2) is 0 Å². The third-order valence-electron chi connectivity index (χ3n) is 3.61. The van der Waals surface area contributed by atoms with Gasteiger partial charge in [0, 0.05) is 4.47 Å². The second-order valence-corrected chi connectivity index (χ2v) is 5.71. The third-order valence-corrected chi connectivity index (χ3v) is 4.30. The molecule has 0 aliphatic heterocycles. The van der Waals surface area contributed by atoms with E-state index in [1.807, 2.05) is 25.1 Å². The highest BCUT2D eigenvalue weighted by molar-refractivity contribution is 9.10. The Kier molecular flexibility index (Phi) is 3.80. The Labute approximate surface area is 120 Å². The first-order valence-corrected chi connectivity index (χ1v) is 6.84. The number of carbonyl (C=O) groups is 1. The Balaban J connectivity index is 2.23. The molecule has 102 valence electrons. The maximum Gasteiger partial charge on any atom is 0.238 e. The van der Waals surface area contributed by atoms with E-state index in [9.17, 15) is 4.79 Å². The van der Waals surface area contributed by atoms with Crippen LogP contribution in [-0.4, -0.2) is 17.0 Å². The fourth-order valence-electron chi connectivity index (χ4n) is 2.20. The van der Waals surface area contributed by atoms with Crippen LogP contribution in [0.3, 0.4) is 0 Å². The maximum absolute atomic E-state index is 12.4. The fraction of sp³-hybridized carbons (Fsp3) is 0.385. The number of nitrogens with two attached hydrogens (primary N) is 1. The SMILES string of the molecule is Cc1ccc(Br)c(NC(=O)C2(/C(N)=N/O)CCC2)c1. The highest BCUT2D eigenvalue weighted by Crippen LogP contribution is 2.42. The molecule has 1 fully saturated rings. The van der Waals surface area contributed by atoms with E-state index in [1.54, 1.807) is 0 Å². The molecular weight excluding hydrogens is 310 g/mol. The number of hydrogen-bond donors (Lipinski definition) is 3. The molecule has 1 aromatic carbocycles. The lowest BCUT2D eigenvalue weighted by Gasteiger charge is -2.38. The molecule has 1 aromatic rings. The van der Waals surface area contributed by atoms with E-state index >= 15 is 0 Å². The molecule has 19 heavy (non-hydrogen) atoms. The van der Waals surface area contributed by atoms with Crippen LogP contribution in [0.5, 0.6) is 0 Å². The van der Waals surface area contributed by atoms with Crippen LogP contribution in [0.25, 0.3) is 0 Å². The van der Waals surface area contributed by atoms with Crippen LogP contribution in [-0.2, 0) is 4.79 Å². The minimum absolute atomic E-state index is 0.0139. The van der Waals surface area contributed by atoms with Crippen LogP contribution in [0.4, 0.5) is 5.69 Å². The highest BCUT2D eigenvalue weighted by Gasteiger charge is 2.48. The van der Waals surface area contributed by atoms with Crippen LogP contribution >= 0.6 is 15.9 Å². The largest absolute Gasteiger partial charge is 0.409 e. The summed E-state index contributed by atoms with van der Waals surface area (Å²) in [6, 6.07) is 5.70. The van der Waals surface area contributed by atoms with Crippen molar-refractivity contribution >= 4 is 33.4 Å². The Hall–Kier alpha value is -1.56. The summed E-state index contributed by atoms with van der Waals surface area (Å²) in [5.74, 6) is -0.236. The van der Waals surface area contributed by atoms with Crippen molar-refractivity contribution in [2.45, 2.75) is 26.2 Å². The Morgan fingerprint density at radius 1 is 1.53 bits per heavy atom. The molecule has 0 heterocycles. The molecule has 6 heteroatoms. The maximum atomic E-state index is 12.4. The standard InChI is InChI=1S/C13H16BrN3O2/c1-8-3-4-9(14)10(7-8)16-12(18)13(5-2-6-13)11(15)17-19/h3-4,7,19H,2,5-6H2,1H3,(H2,15,17)(H,16,18). The van der Waals surface area contributed by atoms with Crippen LogP contribution in [0.15, 0.2) is 27.8 Å². The molecule has 1 aliphatic rings. The number of rotatable bonds is 3. The van der Waals surface area contributed by atoms with Crippen molar-refractivity contribution < 1.29 is 10.0 Å². The number of amides is 1. The number of oxime groups is 1. The summed E-state index contributed by atoms with van der Waals surface area (Å²) < 4.78 is 0.806. The summed E-state index contributed by atoms with van der Waals surface area (Å²) in [7, 11) is 0. The first kappa shape index (κ1) is 13.9. The van der Waals surface area contributed by atoms with Crippen molar-refractivity contribution in [1.82, 2.24) is 0 Å². The minimum atomic E-state index is -0.863. The molecular formula is C13H16BrN3O2. The number of benzene rings is 1. The van der Waals surface area contributed by atoms with Crippen LogP contribution in [0.1, 0.15) is 24.8 Å². The number of hydrogen-bond acceptors (Lipinski definition) is 3. The number of amidine groups is 1. The zero-order chi connectivity index (χ0) is 14.0.